The van der Waals surface area contributed by atoms with Gasteiger partial charge >= 0.3 is 0 Å². The Balaban J connectivity index is 1.52. The summed E-state index contributed by atoms with van der Waals surface area (Å²) in [6.07, 6.45) is 2.42. The average molecular weight is 202 g/mol. The van der Waals surface area contributed by atoms with Crippen molar-refractivity contribution in [3.05, 3.63) is 35.9 Å². The molecule has 3 rings (SSSR count). The Labute approximate surface area is 91.1 Å². The van der Waals surface area contributed by atoms with E-state index in [0.29, 0.717) is 0 Å². The summed E-state index contributed by atoms with van der Waals surface area (Å²) in [5.74, 6) is 0.799. The molecule has 0 amide bonds. The summed E-state index contributed by atoms with van der Waals surface area (Å²) in [6.45, 7) is 3.51. The van der Waals surface area contributed by atoms with E-state index in [0.717, 1.165) is 18.9 Å². The lowest BCUT2D eigenvalue weighted by Gasteiger charge is -2.18. The molecule has 0 spiro atoms. The second kappa shape index (κ2) is 3.32. The highest BCUT2D eigenvalue weighted by Crippen LogP contribution is 2.46. The van der Waals surface area contributed by atoms with Crippen LogP contribution in [-0.2, 0) is 6.42 Å². The minimum Gasteiger partial charge on any atom is -0.324 e. The summed E-state index contributed by atoms with van der Waals surface area (Å²) < 4.78 is 0. The first kappa shape index (κ1) is 9.37. The Hall–Kier alpha value is -0.860. The molecule has 1 aliphatic carbocycles. The van der Waals surface area contributed by atoms with Crippen LogP contribution >= 0.6 is 0 Å². The second-order valence-corrected chi connectivity index (χ2v) is 5.10. The van der Waals surface area contributed by atoms with Crippen LogP contribution in [0.2, 0.25) is 0 Å². The molecule has 0 aromatic heterocycles. The molecule has 1 saturated heterocycles. The number of nitrogens with two attached hydrogens (primary N) is 1. The number of benzene rings is 1. The molecule has 1 aromatic carbocycles. The van der Waals surface area contributed by atoms with Crippen LogP contribution in [0.25, 0.3) is 0 Å². The fourth-order valence-corrected chi connectivity index (χ4v) is 2.73. The zero-order valence-corrected chi connectivity index (χ0v) is 9.02. The monoisotopic (exact) mass is 202 g/mol. The van der Waals surface area contributed by atoms with Crippen molar-refractivity contribution >= 4 is 0 Å². The minimum atomic E-state index is 0.205. The summed E-state index contributed by atoms with van der Waals surface area (Å²) in [5, 5.41) is 0. The summed E-state index contributed by atoms with van der Waals surface area (Å²) >= 11 is 0. The van der Waals surface area contributed by atoms with Crippen molar-refractivity contribution in [3.63, 3.8) is 0 Å². The molecule has 2 heteroatoms. The predicted octanol–water partition coefficient (Wildman–Crippen LogP) is 1.26. The summed E-state index contributed by atoms with van der Waals surface area (Å²) in [6, 6.07) is 10.7. The first-order chi connectivity index (χ1) is 7.26. The van der Waals surface area contributed by atoms with Crippen LogP contribution in [0.15, 0.2) is 30.3 Å². The van der Waals surface area contributed by atoms with Gasteiger partial charge in [0.15, 0.2) is 0 Å². The van der Waals surface area contributed by atoms with Crippen molar-refractivity contribution in [1.29, 1.82) is 0 Å². The van der Waals surface area contributed by atoms with Gasteiger partial charge in [-0.25, -0.2) is 0 Å². The highest BCUT2D eigenvalue weighted by molar-refractivity contribution is 5.17. The molecular formula is C13H18N2. The fourth-order valence-electron chi connectivity index (χ4n) is 2.73. The van der Waals surface area contributed by atoms with Crippen LogP contribution in [-0.4, -0.2) is 30.1 Å². The van der Waals surface area contributed by atoms with Gasteiger partial charge in [0.05, 0.1) is 0 Å². The number of rotatable bonds is 3. The van der Waals surface area contributed by atoms with Crippen molar-refractivity contribution in [2.45, 2.75) is 18.4 Å². The number of piperidine rings is 1. The molecule has 0 radical (unpaired) electrons. The van der Waals surface area contributed by atoms with Crippen molar-refractivity contribution in [1.82, 2.24) is 4.90 Å². The van der Waals surface area contributed by atoms with Gasteiger partial charge in [0.25, 0.3) is 0 Å². The quantitative estimate of drug-likeness (QED) is 0.799. The SMILES string of the molecule is N[C@]12C[C@@H]1CN(CCc1ccccc1)C2. The third-order valence-electron chi connectivity index (χ3n) is 3.84. The van der Waals surface area contributed by atoms with Gasteiger partial charge in [0.2, 0.25) is 0 Å². The van der Waals surface area contributed by atoms with Crippen molar-refractivity contribution in [2.75, 3.05) is 19.6 Å². The number of nitrogens with zero attached hydrogens (tertiary/aromatic N) is 1. The van der Waals surface area contributed by atoms with Crippen LogP contribution in [0.4, 0.5) is 0 Å². The molecule has 0 unspecified atom stereocenters. The van der Waals surface area contributed by atoms with Gasteiger partial charge < -0.3 is 10.6 Å². The van der Waals surface area contributed by atoms with Gasteiger partial charge in [-0.3, -0.25) is 0 Å². The topological polar surface area (TPSA) is 29.3 Å². The van der Waals surface area contributed by atoms with Gasteiger partial charge in [0.1, 0.15) is 0 Å². The Morgan fingerprint density at radius 1 is 1.33 bits per heavy atom. The van der Waals surface area contributed by atoms with E-state index in [-0.39, 0.29) is 5.54 Å². The zero-order valence-electron chi connectivity index (χ0n) is 9.02. The van der Waals surface area contributed by atoms with Gasteiger partial charge in [-0.15, -0.1) is 0 Å². The maximum atomic E-state index is 6.17. The highest BCUT2D eigenvalue weighted by Gasteiger charge is 2.56. The first-order valence-electron chi connectivity index (χ1n) is 5.81. The normalized spacial score (nSPS) is 34.1. The molecule has 2 N–H and O–H groups in total. The molecule has 2 fully saturated rings. The van der Waals surface area contributed by atoms with Gasteiger partial charge in [0, 0.05) is 25.2 Å². The molecule has 2 nitrogen and oxygen atoms in total. The van der Waals surface area contributed by atoms with E-state index in [1.807, 2.05) is 0 Å². The van der Waals surface area contributed by atoms with Crippen molar-refractivity contribution < 1.29 is 0 Å². The number of fused-ring (bicyclic) bond motifs is 1. The van der Waals surface area contributed by atoms with E-state index in [4.69, 9.17) is 5.73 Å². The fraction of sp³-hybridized carbons (Fsp3) is 0.538. The smallest absolute Gasteiger partial charge is 0.0328 e. The highest BCUT2D eigenvalue weighted by atomic mass is 15.2. The molecule has 1 saturated carbocycles. The lowest BCUT2D eigenvalue weighted by Crippen LogP contribution is -2.34. The van der Waals surface area contributed by atoms with Crippen LogP contribution in [0, 0.1) is 5.92 Å². The molecule has 15 heavy (non-hydrogen) atoms. The van der Waals surface area contributed by atoms with E-state index in [1.165, 1.54) is 25.1 Å². The van der Waals surface area contributed by atoms with Crippen LogP contribution in [0.1, 0.15) is 12.0 Å². The van der Waals surface area contributed by atoms with Gasteiger partial charge in [-0.05, 0) is 24.3 Å². The molecule has 2 atom stereocenters. The molecule has 2 aliphatic rings. The van der Waals surface area contributed by atoms with E-state index < -0.39 is 0 Å². The zero-order chi connectivity index (χ0) is 10.3. The Morgan fingerprint density at radius 2 is 2.13 bits per heavy atom. The Bertz CT molecular complexity index is 349. The minimum absolute atomic E-state index is 0.205. The number of likely N-dealkylation sites (tertiary alicyclic amines) is 1. The number of hydrogen-bond donors (Lipinski definition) is 1. The summed E-state index contributed by atoms with van der Waals surface area (Å²) in [7, 11) is 0. The predicted molar refractivity (Wildman–Crippen MR) is 61.6 cm³/mol. The van der Waals surface area contributed by atoms with E-state index in [9.17, 15) is 0 Å². The van der Waals surface area contributed by atoms with Crippen LogP contribution in [0.5, 0.6) is 0 Å². The van der Waals surface area contributed by atoms with Crippen molar-refractivity contribution in [3.8, 4) is 0 Å². The second-order valence-electron chi connectivity index (χ2n) is 5.10. The standard InChI is InChI=1S/C13H18N2/c14-13-8-12(13)9-15(10-13)7-6-11-4-2-1-3-5-11/h1-5,12H,6-10,14H2/t12-,13+/m1/s1. The maximum absolute atomic E-state index is 6.17. The third kappa shape index (κ3) is 1.80. The van der Waals surface area contributed by atoms with Crippen LogP contribution in [0.3, 0.4) is 0 Å². The average Bonchev–Trinajstić information content (AvgIpc) is 2.76. The number of hydrogen-bond acceptors (Lipinski definition) is 2. The third-order valence-corrected chi connectivity index (χ3v) is 3.84. The van der Waals surface area contributed by atoms with Gasteiger partial charge in [-0.2, -0.15) is 0 Å². The van der Waals surface area contributed by atoms with Crippen molar-refractivity contribution in [2.24, 2.45) is 11.7 Å². The largest absolute Gasteiger partial charge is 0.324 e. The molecule has 1 heterocycles. The summed E-state index contributed by atoms with van der Waals surface area (Å²) in [5.41, 5.74) is 7.81. The van der Waals surface area contributed by atoms with E-state index >= 15 is 0 Å². The van der Waals surface area contributed by atoms with Crippen LogP contribution < -0.4 is 5.73 Å². The first-order valence-corrected chi connectivity index (χ1v) is 5.81. The Kier molecular flexibility index (Phi) is 2.08. The molecule has 80 valence electrons. The molecule has 1 aliphatic heterocycles. The van der Waals surface area contributed by atoms with E-state index in [1.54, 1.807) is 0 Å². The van der Waals surface area contributed by atoms with Gasteiger partial charge in [-0.1, -0.05) is 30.3 Å². The maximum Gasteiger partial charge on any atom is 0.0328 e. The van der Waals surface area contributed by atoms with E-state index in [2.05, 4.69) is 35.2 Å². The summed E-state index contributed by atoms with van der Waals surface area (Å²) in [4.78, 5) is 2.52. The molecule has 1 aromatic rings. The lowest BCUT2D eigenvalue weighted by molar-refractivity contribution is 0.302. The lowest BCUT2D eigenvalue weighted by atomic mass is 10.1. The Morgan fingerprint density at radius 3 is 2.80 bits per heavy atom. The molecular weight excluding hydrogens is 184 g/mol. The molecule has 0 bridgehead atoms.